The van der Waals surface area contributed by atoms with Gasteiger partial charge in [0.1, 0.15) is 18.1 Å². The SMILES string of the molecule is COc1cc(C=Nc2ccc(Oc3ccccc3)cc2)cc(Br)c1OCc1ccc(Br)cc1. The molecule has 33 heavy (non-hydrogen) atoms. The molecule has 0 aliphatic rings. The summed E-state index contributed by atoms with van der Waals surface area (Å²) in [4.78, 5) is 4.57. The molecule has 0 aliphatic heterocycles. The maximum Gasteiger partial charge on any atom is 0.175 e. The van der Waals surface area contributed by atoms with Gasteiger partial charge in [-0.05, 0) is 87.7 Å². The Kier molecular flexibility index (Phi) is 7.81. The van der Waals surface area contributed by atoms with E-state index in [1.807, 2.05) is 91.0 Å². The van der Waals surface area contributed by atoms with Gasteiger partial charge < -0.3 is 14.2 Å². The second-order valence-electron chi connectivity index (χ2n) is 7.12. The first-order chi connectivity index (χ1) is 16.1. The molecule has 0 atom stereocenters. The van der Waals surface area contributed by atoms with Crippen molar-refractivity contribution in [3.8, 4) is 23.0 Å². The number of para-hydroxylation sites is 1. The van der Waals surface area contributed by atoms with Crippen LogP contribution in [0.5, 0.6) is 23.0 Å². The van der Waals surface area contributed by atoms with E-state index < -0.39 is 0 Å². The summed E-state index contributed by atoms with van der Waals surface area (Å²) in [5, 5.41) is 0. The van der Waals surface area contributed by atoms with Gasteiger partial charge in [0.25, 0.3) is 0 Å². The molecule has 0 amide bonds. The van der Waals surface area contributed by atoms with Crippen LogP contribution < -0.4 is 14.2 Å². The molecule has 0 spiro atoms. The van der Waals surface area contributed by atoms with E-state index in [1.165, 1.54) is 0 Å². The van der Waals surface area contributed by atoms with Crippen LogP contribution in [0.15, 0.2) is 105 Å². The average molecular weight is 567 g/mol. The summed E-state index contributed by atoms with van der Waals surface area (Å²) in [6.45, 7) is 0.438. The van der Waals surface area contributed by atoms with Crippen LogP contribution in [0.3, 0.4) is 0 Å². The number of rotatable bonds is 8. The van der Waals surface area contributed by atoms with Crippen molar-refractivity contribution in [3.63, 3.8) is 0 Å². The maximum absolute atomic E-state index is 6.02. The number of hydrogen-bond acceptors (Lipinski definition) is 4. The standard InChI is InChI=1S/C27H21Br2NO3/c1-31-26-16-20(15-25(29)27(26)32-18-19-7-9-21(28)10-8-19)17-30-22-11-13-24(14-12-22)33-23-5-3-2-4-6-23/h2-17H,18H2,1H3. The van der Waals surface area contributed by atoms with Gasteiger partial charge in [0.2, 0.25) is 0 Å². The lowest BCUT2D eigenvalue weighted by molar-refractivity contribution is 0.282. The van der Waals surface area contributed by atoms with E-state index in [-0.39, 0.29) is 0 Å². The van der Waals surface area contributed by atoms with E-state index in [0.29, 0.717) is 18.1 Å². The second-order valence-corrected chi connectivity index (χ2v) is 8.89. The highest BCUT2D eigenvalue weighted by molar-refractivity contribution is 9.10. The summed E-state index contributed by atoms with van der Waals surface area (Å²) in [5.41, 5.74) is 2.78. The largest absolute Gasteiger partial charge is 0.493 e. The summed E-state index contributed by atoms with van der Waals surface area (Å²) in [7, 11) is 1.63. The van der Waals surface area contributed by atoms with Crippen molar-refractivity contribution >= 4 is 43.8 Å². The monoisotopic (exact) mass is 565 g/mol. The Hall–Kier alpha value is -3.09. The fraction of sp³-hybridized carbons (Fsp3) is 0.0741. The fourth-order valence-corrected chi connectivity index (χ4v) is 3.90. The van der Waals surface area contributed by atoms with Crippen molar-refractivity contribution in [2.75, 3.05) is 7.11 Å². The molecule has 0 N–H and O–H groups in total. The lowest BCUT2D eigenvalue weighted by Crippen LogP contribution is -1.99. The fourth-order valence-electron chi connectivity index (χ4n) is 3.06. The Morgan fingerprint density at radius 2 is 1.52 bits per heavy atom. The van der Waals surface area contributed by atoms with Crippen molar-refractivity contribution in [1.29, 1.82) is 0 Å². The molecule has 0 saturated carbocycles. The van der Waals surface area contributed by atoms with Gasteiger partial charge in [0.15, 0.2) is 11.5 Å². The lowest BCUT2D eigenvalue weighted by Gasteiger charge is -2.13. The number of methoxy groups -OCH3 is 1. The molecule has 0 heterocycles. The molecule has 6 heteroatoms. The van der Waals surface area contributed by atoms with Crippen LogP contribution in [0.1, 0.15) is 11.1 Å². The van der Waals surface area contributed by atoms with Crippen LogP contribution in [0.4, 0.5) is 5.69 Å². The van der Waals surface area contributed by atoms with Crippen LogP contribution >= 0.6 is 31.9 Å². The smallest absolute Gasteiger partial charge is 0.175 e. The Bertz CT molecular complexity index is 1220. The Morgan fingerprint density at radius 1 is 0.818 bits per heavy atom. The van der Waals surface area contributed by atoms with Gasteiger partial charge in [-0.1, -0.05) is 46.3 Å². The van der Waals surface area contributed by atoms with Crippen molar-refractivity contribution in [2.45, 2.75) is 6.61 Å². The molecule has 0 radical (unpaired) electrons. The highest BCUT2D eigenvalue weighted by atomic mass is 79.9. The molecule has 166 valence electrons. The minimum absolute atomic E-state index is 0.438. The summed E-state index contributed by atoms with van der Waals surface area (Å²) in [6.07, 6.45) is 1.79. The van der Waals surface area contributed by atoms with Crippen LogP contribution in [0, 0.1) is 0 Å². The molecule has 0 bridgehead atoms. The molecule has 0 aromatic heterocycles. The molecule has 4 aromatic carbocycles. The molecule has 4 nitrogen and oxygen atoms in total. The molecular weight excluding hydrogens is 546 g/mol. The maximum atomic E-state index is 6.02. The van der Waals surface area contributed by atoms with Gasteiger partial charge in [-0.2, -0.15) is 0 Å². The third-order valence-electron chi connectivity index (χ3n) is 4.73. The number of halogens is 2. The number of hydrogen-bond donors (Lipinski definition) is 0. The highest BCUT2D eigenvalue weighted by Gasteiger charge is 2.11. The zero-order valence-electron chi connectivity index (χ0n) is 17.9. The van der Waals surface area contributed by atoms with E-state index in [1.54, 1.807) is 13.3 Å². The minimum atomic E-state index is 0.438. The van der Waals surface area contributed by atoms with Gasteiger partial charge in [0.05, 0.1) is 17.3 Å². The molecule has 4 rings (SSSR count). The van der Waals surface area contributed by atoms with E-state index in [4.69, 9.17) is 14.2 Å². The van der Waals surface area contributed by atoms with E-state index in [2.05, 4.69) is 36.9 Å². The third kappa shape index (κ3) is 6.46. The summed E-state index contributed by atoms with van der Waals surface area (Å²) in [5.74, 6) is 2.85. The lowest BCUT2D eigenvalue weighted by atomic mass is 10.2. The van der Waals surface area contributed by atoms with E-state index in [0.717, 1.165) is 37.3 Å². The number of benzene rings is 4. The average Bonchev–Trinajstić information content (AvgIpc) is 2.84. The zero-order valence-corrected chi connectivity index (χ0v) is 21.0. The van der Waals surface area contributed by atoms with Crippen LogP contribution in [0.2, 0.25) is 0 Å². The third-order valence-corrected chi connectivity index (χ3v) is 5.84. The van der Waals surface area contributed by atoms with Gasteiger partial charge in [0, 0.05) is 10.7 Å². The molecule has 0 aliphatic carbocycles. The molecule has 4 aromatic rings. The van der Waals surface area contributed by atoms with Crippen LogP contribution in [0.25, 0.3) is 0 Å². The van der Waals surface area contributed by atoms with Crippen molar-refractivity contribution in [2.24, 2.45) is 4.99 Å². The van der Waals surface area contributed by atoms with Crippen LogP contribution in [-0.2, 0) is 6.61 Å². The van der Waals surface area contributed by atoms with Crippen molar-refractivity contribution in [1.82, 2.24) is 0 Å². The van der Waals surface area contributed by atoms with Crippen molar-refractivity contribution < 1.29 is 14.2 Å². The Labute approximate surface area is 210 Å². The van der Waals surface area contributed by atoms with Gasteiger partial charge >= 0.3 is 0 Å². The number of nitrogens with zero attached hydrogens (tertiary/aromatic N) is 1. The number of ether oxygens (including phenoxy) is 3. The van der Waals surface area contributed by atoms with Crippen molar-refractivity contribution in [3.05, 3.63) is 111 Å². The van der Waals surface area contributed by atoms with E-state index in [9.17, 15) is 0 Å². The normalized spacial score (nSPS) is 10.9. The summed E-state index contributed by atoms with van der Waals surface area (Å²) < 4.78 is 19.2. The topological polar surface area (TPSA) is 40.0 Å². The van der Waals surface area contributed by atoms with Gasteiger partial charge in [-0.15, -0.1) is 0 Å². The predicted molar refractivity (Wildman–Crippen MR) is 139 cm³/mol. The summed E-state index contributed by atoms with van der Waals surface area (Å²) in [6, 6.07) is 29.2. The molecular formula is C27H21Br2NO3. The first kappa shape index (κ1) is 23.1. The summed E-state index contributed by atoms with van der Waals surface area (Å²) >= 11 is 7.05. The quantitative estimate of drug-likeness (QED) is 0.201. The molecule has 0 saturated heterocycles. The number of aliphatic imine (C=N–C) groups is 1. The van der Waals surface area contributed by atoms with Crippen LogP contribution in [-0.4, -0.2) is 13.3 Å². The molecule has 0 fully saturated rings. The van der Waals surface area contributed by atoms with Gasteiger partial charge in [-0.25, -0.2) is 0 Å². The van der Waals surface area contributed by atoms with E-state index >= 15 is 0 Å². The first-order valence-corrected chi connectivity index (χ1v) is 11.8. The highest BCUT2D eigenvalue weighted by Crippen LogP contribution is 2.37. The second kappa shape index (κ2) is 11.2. The predicted octanol–water partition coefficient (Wildman–Crippen LogP) is 8.34. The zero-order chi connectivity index (χ0) is 23.0. The minimum Gasteiger partial charge on any atom is -0.493 e. The molecule has 0 unspecified atom stereocenters. The first-order valence-electron chi connectivity index (χ1n) is 10.2. The Balaban J connectivity index is 1.44. The van der Waals surface area contributed by atoms with Gasteiger partial charge in [-0.3, -0.25) is 4.99 Å². The Morgan fingerprint density at radius 3 is 2.21 bits per heavy atom.